The van der Waals surface area contributed by atoms with E-state index in [9.17, 15) is 0 Å². The first-order chi connectivity index (χ1) is 6.86. The summed E-state index contributed by atoms with van der Waals surface area (Å²) < 4.78 is 5.46. The van der Waals surface area contributed by atoms with Crippen molar-refractivity contribution in [2.75, 3.05) is 18.1 Å². The second-order valence-electron chi connectivity index (χ2n) is 2.95. The van der Waals surface area contributed by atoms with Gasteiger partial charge in [-0.15, -0.1) is 0 Å². The smallest absolute Gasteiger partial charge is 0.208 e. The summed E-state index contributed by atoms with van der Waals surface area (Å²) in [7, 11) is 0. The molecule has 0 atom stereocenters. The quantitative estimate of drug-likeness (QED) is 0.705. The van der Waals surface area contributed by atoms with Crippen LogP contribution in [-0.2, 0) is 13.0 Å². The van der Waals surface area contributed by atoms with Gasteiger partial charge < -0.3 is 9.73 Å². The molecule has 0 bridgehead atoms. The van der Waals surface area contributed by atoms with Crippen LogP contribution >= 0.6 is 11.8 Å². The minimum Gasteiger partial charge on any atom is -0.444 e. The number of nitrogens with one attached hydrogen (secondary N) is 1. The molecular formula is C10H18N2OS. The first kappa shape index (κ1) is 11.6. The molecule has 0 aliphatic rings. The Bertz CT molecular complexity index is 250. The predicted molar refractivity (Wildman–Crippen MR) is 60.6 cm³/mol. The molecule has 1 aromatic heterocycles. The topological polar surface area (TPSA) is 38.1 Å². The SMILES string of the molecule is CCSCCNCc1ncc(CC)o1. The molecule has 1 aromatic rings. The van der Waals surface area contributed by atoms with E-state index in [1.54, 1.807) is 6.20 Å². The minimum absolute atomic E-state index is 0.740. The van der Waals surface area contributed by atoms with Gasteiger partial charge in [-0.3, -0.25) is 0 Å². The van der Waals surface area contributed by atoms with E-state index < -0.39 is 0 Å². The first-order valence-electron chi connectivity index (χ1n) is 5.08. The summed E-state index contributed by atoms with van der Waals surface area (Å²) in [6.07, 6.45) is 2.72. The number of thioether (sulfide) groups is 1. The van der Waals surface area contributed by atoms with E-state index in [2.05, 4.69) is 24.1 Å². The standard InChI is InChI=1S/C10H18N2OS/c1-3-9-7-12-10(13-9)8-11-5-6-14-4-2/h7,11H,3-6,8H2,1-2H3. The lowest BCUT2D eigenvalue weighted by Crippen LogP contribution is -2.16. The molecule has 14 heavy (non-hydrogen) atoms. The molecule has 4 heteroatoms. The van der Waals surface area contributed by atoms with Gasteiger partial charge in [-0.05, 0) is 5.75 Å². The Balaban J connectivity index is 2.12. The zero-order chi connectivity index (χ0) is 10.2. The molecule has 3 nitrogen and oxygen atoms in total. The zero-order valence-corrected chi connectivity index (χ0v) is 9.69. The molecule has 0 amide bonds. The molecule has 0 aromatic carbocycles. The molecule has 0 aliphatic heterocycles. The van der Waals surface area contributed by atoms with Crippen LogP contribution < -0.4 is 5.32 Å². The van der Waals surface area contributed by atoms with Crippen molar-refractivity contribution in [1.29, 1.82) is 0 Å². The lowest BCUT2D eigenvalue weighted by Gasteiger charge is -2.00. The van der Waals surface area contributed by atoms with Gasteiger partial charge in [0.15, 0.2) is 0 Å². The number of hydrogen-bond donors (Lipinski definition) is 1. The second-order valence-corrected chi connectivity index (χ2v) is 4.34. The Morgan fingerprint density at radius 2 is 2.36 bits per heavy atom. The normalized spacial score (nSPS) is 10.7. The number of rotatable bonds is 7. The summed E-state index contributed by atoms with van der Waals surface area (Å²) in [4.78, 5) is 4.17. The van der Waals surface area contributed by atoms with Crippen LogP contribution in [0.5, 0.6) is 0 Å². The summed E-state index contributed by atoms with van der Waals surface area (Å²) in [6.45, 7) is 5.99. The minimum atomic E-state index is 0.740. The summed E-state index contributed by atoms with van der Waals surface area (Å²) in [5, 5.41) is 3.30. The molecule has 0 aliphatic carbocycles. The fraction of sp³-hybridized carbons (Fsp3) is 0.700. The molecule has 0 saturated heterocycles. The molecule has 0 unspecified atom stereocenters. The second kappa shape index (κ2) is 6.90. The molecule has 80 valence electrons. The third-order valence-corrected chi connectivity index (χ3v) is 2.75. The summed E-state index contributed by atoms with van der Waals surface area (Å²) >= 11 is 1.94. The van der Waals surface area contributed by atoms with Crippen molar-refractivity contribution in [2.45, 2.75) is 26.8 Å². The van der Waals surface area contributed by atoms with Gasteiger partial charge in [0.25, 0.3) is 0 Å². The van der Waals surface area contributed by atoms with Gasteiger partial charge in [0.05, 0.1) is 12.7 Å². The molecule has 0 spiro atoms. The lowest BCUT2D eigenvalue weighted by atomic mass is 10.4. The molecule has 1 heterocycles. The van der Waals surface area contributed by atoms with E-state index in [0.717, 1.165) is 36.9 Å². The van der Waals surface area contributed by atoms with Crippen LogP contribution in [0.2, 0.25) is 0 Å². The molecule has 1 rings (SSSR count). The fourth-order valence-corrected chi connectivity index (χ4v) is 1.65. The number of hydrogen-bond acceptors (Lipinski definition) is 4. The van der Waals surface area contributed by atoms with E-state index in [1.165, 1.54) is 5.75 Å². The Kier molecular flexibility index (Phi) is 5.71. The van der Waals surface area contributed by atoms with Crippen molar-refractivity contribution in [2.24, 2.45) is 0 Å². The highest BCUT2D eigenvalue weighted by Gasteiger charge is 2.00. The zero-order valence-electron chi connectivity index (χ0n) is 8.88. The molecular weight excluding hydrogens is 196 g/mol. The van der Waals surface area contributed by atoms with E-state index >= 15 is 0 Å². The van der Waals surface area contributed by atoms with Crippen LogP contribution in [0.15, 0.2) is 10.6 Å². The van der Waals surface area contributed by atoms with Crippen molar-refractivity contribution in [3.8, 4) is 0 Å². The number of nitrogens with zero attached hydrogens (tertiary/aromatic N) is 1. The highest BCUT2D eigenvalue weighted by Crippen LogP contribution is 2.03. The lowest BCUT2D eigenvalue weighted by molar-refractivity contribution is 0.442. The van der Waals surface area contributed by atoms with Crippen molar-refractivity contribution in [3.05, 3.63) is 17.8 Å². The van der Waals surface area contributed by atoms with Crippen LogP contribution in [0.3, 0.4) is 0 Å². The number of aromatic nitrogens is 1. The molecule has 1 N–H and O–H groups in total. The van der Waals surface area contributed by atoms with Crippen LogP contribution in [0.1, 0.15) is 25.5 Å². The van der Waals surface area contributed by atoms with Crippen molar-refractivity contribution in [1.82, 2.24) is 10.3 Å². The Morgan fingerprint density at radius 3 is 3.00 bits per heavy atom. The summed E-state index contributed by atoms with van der Waals surface area (Å²) in [5.74, 6) is 4.09. The van der Waals surface area contributed by atoms with Gasteiger partial charge in [-0.2, -0.15) is 11.8 Å². The van der Waals surface area contributed by atoms with Gasteiger partial charge in [0, 0.05) is 18.7 Å². The van der Waals surface area contributed by atoms with Gasteiger partial charge >= 0.3 is 0 Å². The van der Waals surface area contributed by atoms with Gasteiger partial charge in [0.1, 0.15) is 5.76 Å². The van der Waals surface area contributed by atoms with Gasteiger partial charge in [-0.25, -0.2) is 4.98 Å². The van der Waals surface area contributed by atoms with E-state index in [-0.39, 0.29) is 0 Å². The third kappa shape index (κ3) is 4.15. The predicted octanol–water partition coefficient (Wildman–Crippen LogP) is 2.08. The maximum absolute atomic E-state index is 5.46. The summed E-state index contributed by atoms with van der Waals surface area (Å²) in [6, 6.07) is 0. The van der Waals surface area contributed by atoms with E-state index in [1.807, 2.05) is 11.8 Å². The average Bonchev–Trinajstić information content (AvgIpc) is 2.65. The van der Waals surface area contributed by atoms with E-state index in [0.29, 0.717) is 0 Å². The van der Waals surface area contributed by atoms with Crippen LogP contribution in [0.25, 0.3) is 0 Å². The van der Waals surface area contributed by atoms with Crippen molar-refractivity contribution >= 4 is 11.8 Å². The first-order valence-corrected chi connectivity index (χ1v) is 6.24. The molecule has 0 saturated carbocycles. The largest absolute Gasteiger partial charge is 0.444 e. The Hall–Kier alpha value is -0.480. The van der Waals surface area contributed by atoms with Crippen LogP contribution in [0, 0.1) is 0 Å². The Morgan fingerprint density at radius 1 is 1.50 bits per heavy atom. The average molecular weight is 214 g/mol. The van der Waals surface area contributed by atoms with Gasteiger partial charge in [0.2, 0.25) is 5.89 Å². The van der Waals surface area contributed by atoms with Crippen LogP contribution in [0.4, 0.5) is 0 Å². The Labute approximate surface area is 89.7 Å². The van der Waals surface area contributed by atoms with Crippen molar-refractivity contribution in [3.63, 3.8) is 0 Å². The van der Waals surface area contributed by atoms with E-state index in [4.69, 9.17) is 4.42 Å². The fourth-order valence-electron chi connectivity index (χ4n) is 1.08. The highest BCUT2D eigenvalue weighted by atomic mass is 32.2. The molecule has 0 fully saturated rings. The maximum atomic E-state index is 5.46. The molecule has 0 radical (unpaired) electrons. The highest BCUT2D eigenvalue weighted by molar-refractivity contribution is 7.99. The van der Waals surface area contributed by atoms with Gasteiger partial charge in [-0.1, -0.05) is 13.8 Å². The van der Waals surface area contributed by atoms with Crippen molar-refractivity contribution < 1.29 is 4.42 Å². The van der Waals surface area contributed by atoms with Crippen LogP contribution in [-0.4, -0.2) is 23.0 Å². The third-order valence-electron chi connectivity index (χ3n) is 1.85. The number of aryl methyl sites for hydroxylation is 1. The number of oxazole rings is 1. The summed E-state index contributed by atoms with van der Waals surface area (Å²) in [5.41, 5.74) is 0. The monoisotopic (exact) mass is 214 g/mol. The maximum Gasteiger partial charge on any atom is 0.208 e.